The molecule has 2 heterocycles. The molecule has 0 N–H and O–H groups in total. The lowest BCUT2D eigenvalue weighted by atomic mass is 10.2. The van der Waals surface area contributed by atoms with Crippen LogP contribution in [0.5, 0.6) is 11.8 Å². The molecule has 3 rings (SSSR count). The summed E-state index contributed by atoms with van der Waals surface area (Å²) in [5, 5.41) is 7.74. The van der Waals surface area contributed by atoms with E-state index in [1.54, 1.807) is 36.4 Å². The molecule has 7 nitrogen and oxygen atoms in total. The predicted molar refractivity (Wildman–Crippen MR) is 87.6 cm³/mol. The normalized spacial score (nSPS) is 18.5. The molecule has 2 aromatic rings. The lowest BCUT2D eigenvalue weighted by molar-refractivity contribution is 0.203. The maximum atomic E-state index is 12.7. The van der Waals surface area contributed by atoms with Gasteiger partial charge in [0.2, 0.25) is 21.8 Å². The second kappa shape index (κ2) is 6.74. The number of rotatable bonds is 5. The Labute approximate surface area is 141 Å². The van der Waals surface area contributed by atoms with Gasteiger partial charge in [-0.25, -0.2) is 8.42 Å². The van der Waals surface area contributed by atoms with Crippen molar-refractivity contribution in [3.8, 4) is 11.8 Å². The number of aromatic nitrogens is 2. The Bertz CT molecular complexity index is 791. The molecule has 1 aromatic heterocycles. The summed E-state index contributed by atoms with van der Waals surface area (Å²) in [6.07, 6.45) is 0.367. The number of hydrogen-bond acceptors (Lipinski definition) is 6. The summed E-state index contributed by atoms with van der Waals surface area (Å²) < 4.78 is 37.4. The van der Waals surface area contributed by atoms with Crippen molar-refractivity contribution in [2.24, 2.45) is 0 Å². The summed E-state index contributed by atoms with van der Waals surface area (Å²) in [5.74, 6) is 0.757. The molecule has 1 aliphatic heterocycles. The van der Waals surface area contributed by atoms with E-state index >= 15 is 0 Å². The molecule has 1 aliphatic rings. The number of methoxy groups -OCH3 is 1. The van der Waals surface area contributed by atoms with Crippen molar-refractivity contribution in [2.75, 3.05) is 20.2 Å². The molecular formula is C16H19N3O4S. The van der Waals surface area contributed by atoms with Gasteiger partial charge in [0.05, 0.1) is 18.6 Å². The summed E-state index contributed by atoms with van der Waals surface area (Å²) in [7, 11) is -1.98. The van der Waals surface area contributed by atoms with E-state index in [-0.39, 0.29) is 6.10 Å². The van der Waals surface area contributed by atoms with E-state index in [1.807, 2.05) is 6.92 Å². The zero-order chi connectivity index (χ0) is 17.2. The minimum Gasteiger partial charge on any atom is -0.480 e. The summed E-state index contributed by atoms with van der Waals surface area (Å²) in [6.45, 7) is 2.64. The van der Waals surface area contributed by atoms with Gasteiger partial charge in [-0.15, -0.1) is 10.2 Å². The van der Waals surface area contributed by atoms with Crippen LogP contribution >= 0.6 is 0 Å². The second-order valence-corrected chi connectivity index (χ2v) is 7.56. The minimum absolute atomic E-state index is 0.243. The van der Waals surface area contributed by atoms with Crippen molar-refractivity contribution in [2.45, 2.75) is 24.3 Å². The highest BCUT2D eigenvalue weighted by Crippen LogP contribution is 2.24. The van der Waals surface area contributed by atoms with Crippen molar-refractivity contribution in [1.82, 2.24) is 14.5 Å². The average Bonchev–Trinajstić information content (AvgIpc) is 3.05. The first-order valence-corrected chi connectivity index (χ1v) is 9.04. The molecule has 1 fully saturated rings. The number of ether oxygens (including phenoxy) is 2. The third-order valence-corrected chi connectivity index (χ3v) is 5.76. The van der Waals surface area contributed by atoms with Crippen molar-refractivity contribution in [3.05, 3.63) is 42.0 Å². The van der Waals surface area contributed by atoms with E-state index in [0.717, 1.165) is 5.56 Å². The lowest BCUT2D eigenvalue weighted by Crippen LogP contribution is -2.31. The van der Waals surface area contributed by atoms with Gasteiger partial charge in [-0.05, 0) is 25.5 Å². The fourth-order valence-electron chi connectivity index (χ4n) is 2.52. The zero-order valence-corrected chi connectivity index (χ0v) is 14.4. The number of hydrogen-bond donors (Lipinski definition) is 0. The fraction of sp³-hybridized carbons (Fsp3) is 0.375. The van der Waals surface area contributed by atoms with Crippen molar-refractivity contribution in [3.63, 3.8) is 0 Å². The van der Waals surface area contributed by atoms with Gasteiger partial charge in [0, 0.05) is 18.7 Å². The van der Waals surface area contributed by atoms with Crippen molar-refractivity contribution < 1.29 is 17.9 Å². The number of benzene rings is 1. The molecule has 0 saturated carbocycles. The Hall–Kier alpha value is -2.19. The first-order chi connectivity index (χ1) is 11.5. The molecule has 128 valence electrons. The number of sulfonamides is 1. The van der Waals surface area contributed by atoms with E-state index in [1.165, 1.54) is 11.4 Å². The van der Waals surface area contributed by atoms with E-state index in [9.17, 15) is 8.42 Å². The van der Waals surface area contributed by atoms with Gasteiger partial charge in [0.15, 0.2) is 0 Å². The molecule has 1 unspecified atom stereocenters. The van der Waals surface area contributed by atoms with E-state index < -0.39 is 10.0 Å². The van der Waals surface area contributed by atoms with Gasteiger partial charge >= 0.3 is 0 Å². The van der Waals surface area contributed by atoms with Crippen LogP contribution in [0.25, 0.3) is 0 Å². The van der Waals surface area contributed by atoms with Crippen LogP contribution in [-0.2, 0) is 10.0 Å². The quantitative estimate of drug-likeness (QED) is 0.816. The Morgan fingerprint density at radius 1 is 1.08 bits per heavy atom. The van der Waals surface area contributed by atoms with Gasteiger partial charge < -0.3 is 9.47 Å². The van der Waals surface area contributed by atoms with Gasteiger partial charge in [0.1, 0.15) is 6.10 Å². The third kappa shape index (κ3) is 3.49. The lowest BCUT2D eigenvalue weighted by Gasteiger charge is -2.17. The van der Waals surface area contributed by atoms with Crippen molar-refractivity contribution >= 4 is 10.0 Å². The van der Waals surface area contributed by atoms with Crippen LogP contribution in [0.4, 0.5) is 0 Å². The fourth-order valence-corrected chi connectivity index (χ4v) is 4.01. The van der Waals surface area contributed by atoms with Crippen LogP contribution in [0.2, 0.25) is 0 Å². The van der Waals surface area contributed by atoms with Gasteiger partial charge in [0.25, 0.3) is 0 Å². The van der Waals surface area contributed by atoms with Gasteiger partial charge in [-0.2, -0.15) is 4.31 Å². The van der Waals surface area contributed by atoms with Crippen LogP contribution in [-0.4, -0.2) is 49.2 Å². The molecule has 0 radical (unpaired) electrons. The van der Waals surface area contributed by atoms with Crippen LogP contribution in [0.1, 0.15) is 12.0 Å². The smallest absolute Gasteiger partial charge is 0.243 e. The minimum atomic E-state index is -3.49. The Balaban J connectivity index is 1.66. The molecule has 0 aliphatic carbocycles. The zero-order valence-electron chi connectivity index (χ0n) is 13.5. The second-order valence-electron chi connectivity index (χ2n) is 5.62. The van der Waals surface area contributed by atoms with Gasteiger partial charge in [-0.3, -0.25) is 0 Å². The van der Waals surface area contributed by atoms with Crippen LogP contribution in [0.15, 0.2) is 41.3 Å². The molecule has 0 amide bonds. The van der Waals surface area contributed by atoms with Crippen LogP contribution in [0.3, 0.4) is 0 Å². The average molecular weight is 349 g/mol. The molecule has 1 saturated heterocycles. The molecular weight excluding hydrogens is 330 g/mol. The third-order valence-electron chi connectivity index (χ3n) is 3.88. The Kier molecular flexibility index (Phi) is 4.68. The molecule has 1 atom stereocenters. The molecule has 0 bridgehead atoms. The topological polar surface area (TPSA) is 81.6 Å². The highest BCUT2D eigenvalue weighted by molar-refractivity contribution is 7.89. The van der Waals surface area contributed by atoms with Crippen molar-refractivity contribution in [1.29, 1.82) is 0 Å². The number of aryl methyl sites for hydroxylation is 1. The maximum Gasteiger partial charge on any atom is 0.243 e. The predicted octanol–water partition coefficient (Wildman–Crippen LogP) is 1.64. The van der Waals surface area contributed by atoms with E-state index in [4.69, 9.17) is 9.47 Å². The largest absolute Gasteiger partial charge is 0.480 e. The maximum absolute atomic E-state index is 12.7. The SMILES string of the molecule is COc1ccc(OC2CCN(S(=O)(=O)c3ccc(C)cc3)C2)nn1. The Morgan fingerprint density at radius 2 is 1.75 bits per heavy atom. The van der Waals surface area contributed by atoms with Gasteiger partial charge in [-0.1, -0.05) is 17.7 Å². The number of nitrogens with zero attached hydrogens (tertiary/aromatic N) is 3. The monoisotopic (exact) mass is 349 g/mol. The highest BCUT2D eigenvalue weighted by Gasteiger charge is 2.33. The highest BCUT2D eigenvalue weighted by atomic mass is 32.2. The first-order valence-electron chi connectivity index (χ1n) is 7.60. The summed E-state index contributed by atoms with van der Waals surface area (Å²) in [6, 6.07) is 10.2. The summed E-state index contributed by atoms with van der Waals surface area (Å²) in [4.78, 5) is 0.304. The molecule has 24 heavy (non-hydrogen) atoms. The molecule has 8 heteroatoms. The molecule has 1 aromatic carbocycles. The standard InChI is InChI=1S/C16H19N3O4S/c1-12-3-5-14(6-4-12)24(20,21)19-10-9-13(11-19)23-16-8-7-15(22-2)17-18-16/h3-8,13H,9-11H2,1-2H3. The molecule has 0 spiro atoms. The van der Waals surface area contributed by atoms with E-state index in [2.05, 4.69) is 10.2 Å². The van der Waals surface area contributed by atoms with Crippen LogP contribution < -0.4 is 9.47 Å². The summed E-state index contributed by atoms with van der Waals surface area (Å²) in [5.41, 5.74) is 1.02. The first kappa shape index (κ1) is 16.7. The Morgan fingerprint density at radius 3 is 2.38 bits per heavy atom. The van der Waals surface area contributed by atoms with E-state index in [0.29, 0.717) is 36.2 Å². The summed E-state index contributed by atoms with van der Waals surface area (Å²) >= 11 is 0. The van der Waals surface area contributed by atoms with Crippen LogP contribution in [0, 0.1) is 6.92 Å².